The van der Waals surface area contributed by atoms with Crippen LogP contribution in [0.25, 0.3) is 0 Å². The van der Waals surface area contributed by atoms with E-state index < -0.39 is 0 Å². The molecule has 0 N–H and O–H groups in total. The summed E-state index contributed by atoms with van der Waals surface area (Å²) >= 11 is 0. The molecule has 3 nitrogen and oxygen atoms in total. The average Bonchev–Trinajstić information content (AvgIpc) is 2.61. The summed E-state index contributed by atoms with van der Waals surface area (Å²) in [7, 11) is 3.84. The third-order valence-electron chi connectivity index (χ3n) is 3.01. The Kier molecular flexibility index (Phi) is 2.97. The van der Waals surface area contributed by atoms with Gasteiger partial charge in [0.05, 0.1) is 6.54 Å². The summed E-state index contributed by atoms with van der Waals surface area (Å²) in [6, 6.07) is 6.18. The molecule has 0 unspecified atom stereocenters. The fourth-order valence-corrected chi connectivity index (χ4v) is 2.22. The van der Waals surface area contributed by atoms with Gasteiger partial charge < -0.3 is 9.80 Å². The van der Waals surface area contributed by atoms with E-state index >= 15 is 0 Å². The maximum absolute atomic E-state index is 12.0. The summed E-state index contributed by atoms with van der Waals surface area (Å²) < 4.78 is 0. The minimum Gasteiger partial charge on any atom is -0.311 e. The molecule has 0 fully saturated rings. The Balaban J connectivity index is 2.24. The van der Waals surface area contributed by atoms with E-state index in [1.807, 2.05) is 36.0 Å². The van der Waals surface area contributed by atoms with Crippen LogP contribution >= 0.6 is 0 Å². The van der Waals surface area contributed by atoms with Gasteiger partial charge in [-0.05, 0) is 44.6 Å². The van der Waals surface area contributed by atoms with E-state index in [0.29, 0.717) is 6.54 Å². The largest absolute Gasteiger partial charge is 0.311 e. The van der Waals surface area contributed by atoms with E-state index in [0.717, 1.165) is 18.7 Å². The van der Waals surface area contributed by atoms with Crippen molar-refractivity contribution in [1.29, 1.82) is 0 Å². The molecule has 0 spiro atoms. The minimum absolute atomic E-state index is 0.189. The number of aryl methyl sites for hydroxylation is 1. The lowest BCUT2D eigenvalue weighted by atomic mass is 10.1. The van der Waals surface area contributed by atoms with E-state index in [1.54, 1.807) is 0 Å². The second kappa shape index (κ2) is 4.26. The van der Waals surface area contributed by atoms with Gasteiger partial charge in [-0.25, -0.2) is 0 Å². The first-order valence-corrected chi connectivity index (χ1v) is 5.63. The van der Waals surface area contributed by atoms with Crippen LogP contribution in [0, 0.1) is 6.92 Å². The van der Waals surface area contributed by atoms with Crippen LogP contribution in [-0.4, -0.2) is 38.0 Å². The first-order chi connectivity index (χ1) is 7.59. The van der Waals surface area contributed by atoms with E-state index in [9.17, 15) is 4.79 Å². The molecule has 1 aromatic carbocycles. The topological polar surface area (TPSA) is 23.6 Å². The SMILES string of the molecule is Cc1cccc2c1CCN2C(=O)CN(C)C. The van der Waals surface area contributed by atoms with Crippen LogP contribution < -0.4 is 4.90 Å². The van der Waals surface area contributed by atoms with E-state index in [2.05, 4.69) is 13.0 Å². The van der Waals surface area contributed by atoms with Gasteiger partial charge in [0.25, 0.3) is 0 Å². The zero-order valence-corrected chi connectivity index (χ0v) is 10.2. The summed E-state index contributed by atoms with van der Waals surface area (Å²) in [5, 5.41) is 0. The fourth-order valence-electron chi connectivity index (χ4n) is 2.22. The number of likely N-dealkylation sites (N-methyl/N-ethyl adjacent to an activating group) is 1. The highest BCUT2D eigenvalue weighted by Crippen LogP contribution is 2.30. The van der Waals surface area contributed by atoms with Crippen LogP contribution in [0.5, 0.6) is 0 Å². The van der Waals surface area contributed by atoms with Crippen LogP contribution in [0.2, 0.25) is 0 Å². The minimum atomic E-state index is 0.189. The Morgan fingerprint density at radius 2 is 2.19 bits per heavy atom. The van der Waals surface area contributed by atoms with Crippen LogP contribution in [0.15, 0.2) is 18.2 Å². The summed E-state index contributed by atoms with van der Waals surface area (Å²) in [5.74, 6) is 0.189. The highest BCUT2D eigenvalue weighted by Gasteiger charge is 2.25. The molecule has 3 heteroatoms. The molecule has 0 aliphatic carbocycles. The number of hydrogen-bond acceptors (Lipinski definition) is 2. The molecule has 1 amide bonds. The molecule has 1 aromatic rings. The molecular formula is C13H18N2O. The average molecular weight is 218 g/mol. The summed E-state index contributed by atoms with van der Waals surface area (Å²) in [5.41, 5.74) is 3.72. The maximum Gasteiger partial charge on any atom is 0.241 e. The zero-order valence-electron chi connectivity index (χ0n) is 10.2. The Labute approximate surface area is 96.7 Å². The van der Waals surface area contributed by atoms with Gasteiger partial charge in [0.1, 0.15) is 0 Å². The molecule has 0 aromatic heterocycles. The fraction of sp³-hybridized carbons (Fsp3) is 0.462. The summed E-state index contributed by atoms with van der Waals surface area (Å²) in [6.45, 7) is 3.42. The Bertz CT molecular complexity index is 412. The van der Waals surface area contributed by atoms with Crippen molar-refractivity contribution in [3.8, 4) is 0 Å². The maximum atomic E-state index is 12.0. The quantitative estimate of drug-likeness (QED) is 0.750. The number of benzene rings is 1. The molecule has 0 bridgehead atoms. The number of anilines is 1. The molecule has 0 atom stereocenters. The van der Waals surface area contributed by atoms with Crippen molar-refractivity contribution >= 4 is 11.6 Å². The van der Waals surface area contributed by atoms with Crippen molar-refractivity contribution in [2.75, 3.05) is 32.1 Å². The number of rotatable bonds is 2. The van der Waals surface area contributed by atoms with Crippen molar-refractivity contribution in [2.24, 2.45) is 0 Å². The van der Waals surface area contributed by atoms with Crippen molar-refractivity contribution in [1.82, 2.24) is 4.90 Å². The van der Waals surface area contributed by atoms with E-state index in [1.165, 1.54) is 11.1 Å². The number of hydrogen-bond donors (Lipinski definition) is 0. The lowest BCUT2D eigenvalue weighted by molar-refractivity contribution is -0.119. The highest BCUT2D eigenvalue weighted by atomic mass is 16.2. The number of fused-ring (bicyclic) bond motifs is 1. The summed E-state index contributed by atoms with van der Waals surface area (Å²) in [6.07, 6.45) is 0.987. The molecule has 16 heavy (non-hydrogen) atoms. The Hall–Kier alpha value is -1.35. The number of carbonyl (C=O) groups excluding carboxylic acids is 1. The van der Waals surface area contributed by atoms with E-state index in [-0.39, 0.29) is 5.91 Å². The number of amides is 1. The first-order valence-electron chi connectivity index (χ1n) is 5.63. The van der Waals surface area contributed by atoms with Crippen LogP contribution in [0.4, 0.5) is 5.69 Å². The standard InChI is InChI=1S/C13H18N2O/c1-10-5-4-6-12-11(10)7-8-15(12)13(16)9-14(2)3/h4-6H,7-9H2,1-3H3. The lowest BCUT2D eigenvalue weighted by Crippen LogP contribution is -2.36. The van der Waals surface area contributed by atoms with E-state index in [4.69, 9.17) is 0 Å². The van der Waals surface area contributed by atoms with Gasteiger partial charge in [-0.2, -0.15) is 0 Å². The molecule has 0 saturated heterocycles. The lowest BCUT2D eigenvalue weighted by Gasteiger charge is -2.19. The Morgan fingerprint density at radius 1 is 1.44 bits per heavy atom. The van der Waals surface area contributed by atoms with Crippen LogP contribution in [-0.2, 0) is 11.2 Å². The molecule has 86 valence electrons. The molecule has 1 heterocycles. The molecule has 0 saturated carbocycles. The highest BCUT2D eigenvalue weighted by molar-refractivity contribution is 5.96. The molecular weight excluding hydrogens is 200 g/mol. The van der Waals surface area contributed by atoms with Crippen molar-refractivity contribution in [3.05, 3.63) is 29.3 Å². The Morgan fingerprint density at radius 3 is 2.88 bits per heavy atom. The second-order valence-electron chi connectivity index (χ2n) is 4.61. The molecule has 1 aliphatic rings. The summed E-state index contributed by atoms with van der Waals surface area (Å²) in [4.78, 5) is 15.8. The van der Waals surface area contributed by atoms with Gasteiger partial charge in [-0.3, -0.25) is 4.79 Å². The van der Waals surface area contributed by atoms with Crippen LogP contribution in [0.1, 0.15) is 11.1 Å². The van der Waals surface area contributed by atoms with Gasteiger partial charge in [-0.1, -0.05) is 12.1 Å². The van der Waals surface area contributed by atoms with Crippen molar-refractivity contribution < 1.29 is 4.79 Å². The smallest absolute Gasteiger partial charge is 0.241 e. The van der Waals surface area contributed by atoms with Crippen molar-refractivity contribution in [3.63, 3.8) is 0 Å². The predicted octanol–water partition coefficient (Wildman–Crippen LogP) is 1.45. The second-order valence-corrected chi connectivity index (χ2v) is 4.61. The molecule has 0 radical (unpaired) electrons. The number of carbonyl (C=O) groups is 1. The monoisotopic (exact) mass is 218 g/mol. The van der Waals surface area contributed by atoms with Gasteiger partial charge in [0.2, 0.25) is 5.91 Å². The third-order valence-corrected chi connectivity index (χ3v) is 3.01. The van der Waals surface area contributed by atoms with Gasteiger partial charge in [0.15, 0.2) is 0 Å². The predicted molar refractivity (Wildman–Crippen MR) is 65.8 cm³/mol. The molecule has 1 aliphatic heterocycles. The normalized spacial score (nSPS) is 14.4. The van der Waals surface area contributed by atoms with Gasteiger partial charge >= 0.3 is 0 Å². The van der Waals surface area contributed by atoms with Gasteiger partial charge in [-0.15, -0.1) is 0 Å². The zero-order chi connectivity index (χ0) is 11.7. The van der Waals surface area contributed by atoms with Gasteiger partial charge in [0, 0.05) is 12.2 Å². The number of nitrogens with zero attached hydrogens (tertiary/aromatic N) is 2. The van der Waals surface area contributed by atoms with Crippen LogP contribution in [0.3, 0.4) is 0 Å². The third kappa shape index (κ3) is 1.95. The first kappa shape index (κ1) is 11.1. The molecule has 2 rings (SSSR count). The van der Waals surface area contributed by atoms with Crippen molar-refractivity contribution in [2.45, 2.75) is 13.3 Å².